The second kappa shape index (κ2) is 8.98. The van der Waals surface area contributed by atoms with Gasteiger partial charge in [-0.3, -0.25) is 0 Å². The van der Waals surface area contributed by atoms with Crippen LogP contribution >= 0.6 is 0 Å². The van der Waals surface area contributed by atoms with Crippen molar-refractivity contribution < 1.29 is 13.9 Å². The molecule has 1 aromatic carbocycles. The van der Waals surface area contributed by atoms with E-state index in [1.165, 1.54) is 5.56 Å². The number of nitriles is 1. The molecule has 2 aromatic rings. The molecule has 138 valence electrons. The number of hydrogen-bond acceptors (Lipinski definition) is 5. The third-order valence-corrected chi connectivity index (χ3v) is 4.76. The summed E-state index contributed by atoms with van der Waals surface area (Å²) in [5, 5.41) is 8.61. The van der Waals surface area contributed by atoms with Gasteiger partial charge in [0, 0.05) is 5.56 Å². The third-order valence-electron chi connectivity index (χ3n) is 4.76. The van der Waals surface area contributed by atoms with Crippen molar-refractivity contribution in [3.63, 3.8) is 0 Å². The Balaban J connectivity index is 1.55. The monoisotopic (exact) mass is 354 g/mol. The van der Waals surface area contributed by atoms with Crippen LogP contribution in [0, 0.1) is 25.2 Å². The van der Waals surface area contributed by atoms with Gasteiger partial charge in [0.15, 0.2) is 0 Å². The second-order valence-electron chi connectivity index (χ2n) is 6.89. The van der Waals surface area contributed by atoms with Crippen LogP contribution in [0.5, 0.6) is 0 Å². The molecule has 3 rings (SSSR count). The first-order chi connectivity index (χ1) is 12.7. The molecule has 0 aliphatic heterocycles. The SMILES string of the molecule is Cc1cccc(-c2nc(CO[C@H]3CCC[C@@H](OCCC#N)C3)c(C)o2)c1. The van der Waals surface area contributed by atoms with Crippen LogP contribution in [0.1, 0.15) is 49.1 Å². The normalized spacial score (nSPS) is 20.0. The molecule has 0 N–H and O–H groups in total. The highest BCUT2D eigenvalue weighted by molar-refractivity contribution is 5.54. The second-order valence-corrected chi connectivity index (χ2v) is 6.89. The van der Waals surface area contributed by atoms with Gasteiger partial charge in [-0.1, -0.05) is 17.7 Å². The minimum absolute atomic E-state index is 0.175. The van der Waals surface area contributed by atoms with Gasteiger partial charge in [-0.05, 0) is 51.7 Å². The highest BCUT2D eigenvalue weighted by Crippen LogP contribution is 2.26. The van der Waals surface area contributed by atoms with Gasteiger partial charge in [0.05, 0.1) is 37.9 Å². The lowest BCUT2D eigenvalue weighted by molar-refractivity contribution is -0.0498. The van der Waals surface area contributed by atoms with Crippen molar-refractivity contribution in [2.45, 2.75) is 64.8 Å². The Kier molecular flexibility index (Phi) is 6.43. The van der Waals surface area contributed by atoms with Gasteiger partial charge in [0.2, 0.25) is 5.89 Å². The van der Waals surface area contributed by atoms with E-state index in [4.69, 9.17) is 19.2 Å². The molecule has 0 bridgehead atoms. The van der Waals surface area contributed by atoms with Crippen molar-refractivity contribution in [3.8, 4) is 17.5 Å². The average Bonchev–Trinajstić information content (AvgIpc) is 3.01. The zero-order valence-corrected chi connectivity index (χ0v) is 15.5. The summed E-state index contributed by atoms with van der Waals surface area (Å²) in [4.78, 5) is 4.63. The Bertz CT molecular complexity index is 763. The van der Waals surface area contributed by atoms with Crippen molar-refractivity contribution >= 4 is 0 Å². The summed E-state index contributed by atoms with van der Waals surface area (Å²) in [5.41, 5.74) is 3.03. The van der Waals surface area contributed by atoms with Crippen LogP contribution < -0.4 is 0 Å². The summed E-state index contributed by atoms with van der Waals surface area (Å²) < 4.78 is 17.7. The van der Waals surface area contributed by atoms with Crippen LogP contribution in [0.4, 0.5) is 0 Å². The predicted molar refractivity (Wildman–Crippen MR) is 98.4 cm³/mol. The fourth-order valence-electron chi connectivity index (χ4n) is 3.34. The Hall–Kier alpha value is -2.16. The van der Waals surface area contributed by atoms with Gasteiger partial charge < -0.3 is 13.9 Å². The molecule has 2 atom stereocenters. The van der Waals surface area contributed by atoms with E-state index in [9.17, 15) is 0 Å². The first-order valence-electron chi connectivity index (χ1n) is 9.29. The van der Waals surface area contributed by atoms with Crippen molar-refractivity contribution in [1.82, 2.24) is 4.98 Å². The molecule has 1 saturated carbocycles. The zero-order chi connectivity index (χ0) is 18.4. The molecule has 5 nitrogen and oxygen atoms in total. The van der Waals surface area contributed by atoms with Crippen molar-refractivity contribution in [1.29, 1.82) is 5.26 Å². The van der Waals surface area contributed by atoms with Crippen LogP contribution in [0.2, 0.25) is 0 Å². The van der Waals surface area contributed by atoms with Gasteiger partial charge >= 0.3 is 0 Å². The van der Waals surface area contributed by atoms with Crippen LogP contribution in [-0.2, 0) is 16.1 Å². The van der Waals surface area contributed by atoms with E-state index in [0.717, 1.165) is 42.7 Å². The maximum atomic E-state index is 8.61. The van der Waals surface area contributed by atoms with Crippen molar-refractivity contribution in [2.75, 3.05) is 6.61 Å². The van der Waals surface area contributed by atoms with Crippen LogP contribution in [0.25, 0.3) is 11.5 Å². The predicted octanol–water partition coefficient (Wildman–Crippen LogP) is 4.72. The van der Waals surface area contributed by atoms with Gasteiger partial charge in [-0.2, -0.15) is 5.26 Å². The third kappa shape index (κ3) is 4.94. The molecule has 0 amide bonds. The molecular weight excluding hydrogens is 328 g/mol. The van der Waals surface area contributed by atoms with E-state index in [1.54, 1.807) is 0 Å². The number of oxazole rings is 1. The largest absolute Gasteiger partial charge is 0.441 e. The fraction of sp³-hybridized carbons (Fsp3) is 0.524. The summed E-state index contributed by atoms with van der Waals surface area (Å²) >= 11 is 0. The molecule has 0 unspecified atom stereocenters. The molecule has 0 radical (unpaired) electrons. The molecule has 5 heteroatoms. The first-order valence-corrected chi connectivity index (χ1v) is 9.29. The number of hydrogen-bond donors (Lipinski definition) is 0. The number of ether oxygens (including phenoxy) is 2. The topological polar surface area (TPSA) is 68.3 Å². The summed E-state index contributed by atoms with van der Waals surface area (Å²) in [6, 6.07) is 10.3. The van der Waals surface area contributed by atoms with E-state index in [1.807, 2.05) is 19.1 Å². The fourth-order valence-corrected chi connectivity index (χ4v) is 3.34. The van der Waals surface area contributed by atoms with Crippen LogP contribution in [-0.4, -0.2) is 23.8 Å². The Morgan fingerprint density at radius 3 is 2.81 bits per heavy atom. The minimum atomic E-state index is 0.175. The van der Waals surface area contributed by atoms with Crippen LogP contribution in [0.3, 0.4) is 0 Å². The van der Waals surface area contributed by atoms with Gasteiger partial charge in [0.1, 0.15) is 11.5 Å². The number of aryl methyl sites for hydroxylation is 2. The molecule has 0 saturated heterocycles. The van der Waals surface area contributed by atoms with E-state index >= 15 is 0 Å². The van der Waals surface area contributed by atoms with Gasteiger partial charge in [-0.15, -0.1) is 0 Å². The molecule has 1 aliphatic rings. The number of benzene rings is 1. The number of nitrogens with zero attached hydrogens (tertiary/aromatic N) is 2. The lowest BCUT2D eigenvalue weighted by Crippen LogP contribution is -2.28. The standard InChI is InChI=1S/C21H26N2O3/c1-15-6-3-7-17(12-15)21-23-20(16(2)26-21)14-25-19-9-4-8-18(13-19)24-11-5-10-22/h3,6-7,12,18-19H,4-5,8-9,11,13-14H2,1-2H3/t18-,19+/m1/s1. The lowest BCUT2D eigenvalue weighted by atomic mass is 9.95. The lowest BCUT2D eigenvalue weighted by Gasteiger charge is -2.28. The smallest absolute Gasteiger partial charge is 0.226 e. The number of rotatable bonds is 7. The molecule has 0 spiro atoms. The zero-order valence-electron chi connectivity index (χ0n) is 15.5. The van der Waals surface area contributed by atoms with E-state index in [-0.39, 0.29) is 12.2 Å². The van der Waals surface area contributed by atoms with E-state index in [2.05, 4.69) is 30.1 Å². The van der Waals surface area contributed by atoms with Crippen LogP contribution in [0.15, 0.2) is 28.7 Å². The minimum Gasteiger partial charge on any atom is -0.441 e. The summed E-state index contributed by atoms with van der Waals surface area (Å²) in [7, 11) is 0. The van der Waals surface area contributed by atoms with Gasteiger partial charge in [0.25, 0.3) is 0 Å². The average molecular weight is 354 g/mol. The molecular formula is C21H26N2O3. The Morgan fingerprint density at radius 2 is 2.04 bits per heavy atom. The van der Waals surface area contributed by atoms with Gasteiger partial charge in [-0.25, -0.2) is 4.98 Å². The summed E-state index contributed by atoms with van der Waals surface area (Å²) in [6.45, 7) is 4.95. The van der Waals surface area contributed by atoms with Crippen molar-refractivity contribution in [3.05, 3.63) is 41.3 Å². The maximum absolute atomic E-state index is 8.61. The summed E-state index contributed by atoms with van der Waals surface area (Å²) in [6.07, 6.45) is 4.88. The Morgan fingerprint density at radius 1 is 1.23 bits per heavy atom. The molecule has 1 heterocycles. The first kappa shape index (κ1) is 18.6. The highest BCUT2D eigenvalue weighted by Gasteiger charge is 2.24. The molecule has 1 aromatic heterocycles. The quantitative estimate of drug-likeness (QED) is 0.673. The molecule has 1 aliphatic carbocycles. The molecule has 1 fully saturated rings. The number of aromatic nitrogens is 1. The van der Waals surface area contributed by atoms with E-state index < -0.39 is 0 Å². The summed E-state index contributed by atoms with van der Waals surface area (Å²) in [5.74, 6) is 1.45. The molecule has 26 heavy (non-hydrogen) atoms. The maximum Gasteiger partial charge on any atom is 0.226 e. The van der Waals surface area contributed by atoms with Crippen molar-refractivity contribution in [2.24, 2.45) is 0 Å². The van der Waals surface area contributed by atoms with E-state index in [0.29, 0.717) is 25.5 Å². The highest BCUT2D eigenvalue weighted by atomic mass is 16.5. The Labute approximate surface area is 154 Å².